The number of benzene rings is 2. The number of esters is 1. The molecule has 4 rings (SSSR count). The van der Waals surface area contributed by atoms with Gasteiger partial charge in [0.1, 0.15) is 17.9 Å². The number of carbonyl (C=O) groups is 3. The average molecular weight is 405 g/mol. The summed E-state index contributed by atoms with van der Waals surface area (Å²) in [6.07, 6.45) is 3.42. The summed E-state index contributed by atoms with van der Waals surface area (Å²) < 4.78 is 12.3. The summed E-state index contributed by atoms with van der Waals surface area (Å²) in [5.74, 6) is -0.905. The molecule has 30 heavy (non-hydrogen) atoms. The number of imide groups is 1. The first-order valence-electron chi connectivity index (χ1n) is 9.35. The molecule has 1 aliphatic heterocycles. The lowest BCUT2D eigenvalue weighted by Gasteiger charge is -2.16. The number of methoxy groups -OCH3 is 1. The van der Waals surface area contributed by atoms with E-state index in [4.69, 9.17) is 9.47 Å². The molecule has 0 aliphatic carbocycles. The normalized spacial score (nSPS) is 12.8. The Kier molecular flexibility index (Phi) is 5.30. The second-order valence-corrected chi connectivity index (χ2v) is 6.68. The number of fused-ring (bicyclic) bond motifs is 1. The topological polar surface area (TPSA) is 90.7 Å². The highest BCUT2D eigenvalue weighted by Gasteiger charge is 2.35. The fourth-order valence-electron chi connectivity index (χ4n) is 3.32. The van der Waals surface area contributed by atoms with Crippen LogP contribution in [0.25, 0.3) is 0 Å². The highest BCUT2D eigenvalue weighted by atomic mass is 16.5. The Hall–Kier alpha value is -3.94. The van der Waals surface area contributed by atoms with E-state index >= 15 is 0 Å². The molecular weight excluding hydrogens is 386 g/mol. The first kappa shape index (κ1) is 19.4. The van der Waals surface area contributed by atoms with Gasteiger partial charge in [-0.3, -0.25) is 19.2 Å². The maximum atomic E-state index is 12.6. The van der Waals surface area contributed by atoms with Gasteiger partial charge in [0.05, 0.1) is 31.3 Å². The van der Waals surface area contributed by atoms with Gasteiger partial charge in [-0.2, -0.15) is 5.10 Å². The number of amides is 2. The van der Waals surface area contributed by atoms with E-state index in [2.05, 4.69) is 5.10 Å². The highest BCUT2D eigenvalue weighted by molar-refractivity contribution is 6.21. The first-order chi connectivity index (χ1) is 14.6. The minimum absolute atomic E-state index is 0.0455. The number of aromatic nitrogens is 2. The Morgan fingerprint density at radius 3 is 2.40 bits per heavy atom. The Labute approximate surface area is 172 Å². The van der Waals surface area contributed by atoms with E-state index in [1.807, 2.05) is 0 Å². The Morgan fingerprint density at radius 2 is 1.77 bits per heavy atom. The Morgan fingerprint density at radius 1 is 1.03 bits per heavy atom. The van der Waals surface area contributed by atoms with Crippen molar-refractivity contribution in [3.63, 3.8) is 0 Å². The van der Waals surface area contributed by atoms with Gasteiger partial charge in [0.2, 0.25) is 0 Å². The van der Waals surface area contributed by atoms with Crippen molar-refractivity contribution in [3.8, 4) is 5.75 Å². The molecule has 0 saturated heterocycles. The SMILES string of the molecule is COc1ccc(CN2C(=O)c3ccccc3C2=O)cc1C(=O)OCCn1cccn1. The largest absolute Gasteiger partial charge is 0.496 e. The molecule has 152 valence electrons. The lowest BCUT2D eigenvalue weighted by molar-refractivity contribution is 0.0483. The Bertz CT molecular complexity index is 1070. The zero-order valence-corrected chi connectivity index (χ0v) is 16.3. The molecule has 8 heteroatoms. The molecule has 3 aromatic rings. The van der Waals surface area contributed by atoms with Gasteiger partial charge in [0.25, 0.3) is 11.8 Å². The summed E-state index contributed by atoms with van der Waals surface area (Å²) in [5.41, 5.74) is 1.61. The molecule has 8 nitrogen and oxygen atoms in total. The lowest BCUT2D eigenvalue weighted by atomic mass is 10.1. The third-order valence-corrected chi connectivity index (χ3v) is 4.82. The molecule has 0 fully saturated rings. The summed E-state index contributed by atoms with van der Waals surface area (Å²) in [5, 5.41) is 4.05. The van der Waals surface area contributed by atoms with Gasteiger partial charge < -0.3 is 9.47 Å². The molecule has 2 amide bonds. The van der Waals surface area contributed by atoms with Crippen LogP contribution in [0.5, 0.6) is 5.75 Å². The third kappa shape index (κ3) is 3.67. The number of ether oxygens (including phenoxy) is 2. The van der Waals surface area contributed by atoms with Crippen molar-refractivity contribution in [2.75, 3.05) is 13.7 Å². The molecule has 0 radical (unpaired) electrons. The van der Waals surface area contributed by atoms with Gasteiger partial charge in [-0.05, 0) is 35.9 Å². The van der Waals surface area contributed by atoms with Crippen molar-refractivity contribution < 1.29 is 23.9 Å². The minimum atomic E-state index is -0.553. The van der Waals surface area contributed by atoms with Crippen LogP contribution in [0.1, 0.15) is 36.6 Å². The smallest absolute Gasteiger partial charge is 0.341 e. The number of hydrogen-bond acceptors (Lipinski definition) is 6. The number of rotatable bonds is 7. The highest BCUT2D eigenvalue weighted by Crippen LogP contribution is 2.26. The fourth-order valence-corrected chi connectivity index (χ4v) is 3.32. The minimum Gasteiger partial charge on any atom is -0.496 e. The maximum absolute atomic E-state index is 12.6. The second-order valence-electron chi connectivity index (χ2n) is 6.68. The summed E-state index contributed by atoms with van der Waals surface area (Å²) in [6.45, 7) is 0.617. The van der Waals surface area contributed by atoms with Crippen molar-refractivity contribution in [1.82, 2.24) is 14.7 Å². The van der Waals surface area contributed by atoms with Crippen LogP contribution in [0, 0.1) is 0 Å². The van der Waals surface area contributed by atoms with Gasteiger partial charge in [-0.1, -0.05) is 18.2 Å². The molecule has 0 N–H and O–H groups in total. The van der Waals surface area contributed by atoms with E-state index in [-0.39, 0.29) is 30.5 Å². The Balaban J connectivity index is 1.49. The zero-order valence-electron chi connectivity index (χ0n) is 16.3. The molecule has 0 saturated carbocycles. The zero-order chi connectivity index (χ0) is 21.1. The first-order valence-corrected chi connectivity index (χ1v) is 9.35. The van der Waals surface area contributed by atoms with E-state index < -0.39 is 5.97 Å². The summed E-state index contributed by atoms with van der Waals surface area (Å²) >= 11 is 0. The third-order valence-electron chi connectivity index (χ3n) is 4.82. The molecule has 0 unspecified atom stereocenters. The second kappa shape index (κ2) is 8.20. The van der Waals surface area contributed by atoms with E-state index in [9.17, 15) is 14.4 Å². The molecule has 1 aliphatic rings. The number of carbonyl (C=O) groups excluding carboxylic acids is 3. The van der Waals surface area contributed by atoms with Crippen LogP contribution >= 0.6 is 0 Å². The van der Waals surface area contributed by atoms with Gasteiger partial charge in [0.15, 0.2) is 0 Å². The molecule has 0 bridgehead atoms. The number of hydrogen-bond donors (Lipinski definition) is 0. The fraction of sp³-hybridized carbons (Fsp3) is 0.182. The number of nitrogens with zero attached hydrogens (tertiary/aromatic N) is 3. The van der Waals surface area contributed by atoms with Crippen LogP contribution in [0.2, 0.25) is 0 Å². The molecule has 2 aromatic carbocycles. The van der Waals surface area contributed by atoms with Crippen LogP contribution in [0.3, 0.4) is 0 Å². The quantitative estimate of drug-likeness (QED) is 0.443. The van der Waals surface area contributed by atoms with Gasteiger partial charge in [0, 0.05) is 12.4 Å². The average Bonchev–Trinajstić information content (AvgIpc) is 3.37. The molecule has 0 atom stereocenters. The molecule has 1 aromatic heterocycles. The van der Waals surface area contributed by atoms with Crippen LogP contribution in [0.15, 0.2) is 60.9 Å². The van der Waals surface area contributed by atoms with Crippen molar-refractivity contribution in [3.05, 3.63) is 83.2 Å². The van der Waals surface area contributed by atoms with Gasteiger partial charge >= 0.3 is 5.97 Å². The maximum Gasteiger partial charge on any atom is 0.341 e. The monoisotopic (exact) mass is 405 g/mol. The molecular formula is C22H19N3O5. The van der Waals surface area contributed by atoms with Crippen molar-refractivity contribution in [2.45, 2.75) is 13.1 Å². The van der Waals surface area contributed by atoms with Crippen molar-refractivity contribution in [1.29, 1.82) is 0 Å². The van der Waals surface area contributed by atoms with Gasteiger partial charge in [-0.15, -0.1) is 0 Å². The van der Waals surface area contributed by atoms with Crippen LogP contribution < -0.4 is 4.74 Å². The summed E-state index contributed by atoms with van der Waals surface area (Å²) in [4.78, 5) is 38.9. The predicted molar refractivity (Wildman–Crippen MR) is 106 cm³/mol. The van der Waals surface area contributed by atoms with E-state index in [1.54, 1.807) is 65.6 Å². The van der Waals surface area contributed by atoms with E-state index in [0.717, 1.165) is 0 Å². The summed E-state index contributed by atoms with van der Waals surface area (Å²) in [6, 6.07) is 13.4. The van der Waals surface area contributed by atoms with Crippen LogP contribution in [-0.2, 0) is 17.8 Å². The van der Waals surface area contributed by atoms with Gasteiger partial charge in [-0.25, -0.2) is 4.79 Å². The van der Waals surface area contributed by atoms with Crippen molar-refractivity contribution in [2.24, 2.45) is 0 Å². The van der Waals surface area contributed by atoms with E-state index in [1.165, 1.54) is 12.0 Å². The molecule has 0 spiro atoms. The lowest BCUT2D eigenvalue weighted by Crippen LogP contribution is -2.29. The molecule has 2 heterocycles. The van der Waals surface area contributed by atoms with Crippen molar-refractivity contribution >= 4 is 17.8 Å². The van der Waals surface area contributed by atoms with Crippen LogP contribution in [-0.4, -0.2) is 46.2 Å². The summed E-state index contributed by atoms with van der Waals surface area (Å²) in [7, 11) is 1.46. The standard InChI is InChI=1S/C22H19N3O5/c1-29-19-8-7-15(13-18(19)22(28)30-12-11-24-10-4-9-23-24)14-25-20(26)16-5-2-3-6-17(16)21(25)27/h2-10,13H,11-12,14H2,1H3. The van der Waals surface area contributed by atoms with E-state index in [0.29, 0.717) is 29.0 Å². The van der Waals surface area contributed by atoms with Crippen LogP contribution in [0.4, 0.5) is 0 Å². The predicted octanol–water partition coefficient (Wildman–Crippen LogP) is 2.54.